The lowest BCUT2D eigenvalue weighted by molar-refractivity contribution is 0.0939. The van der Waals surface area contributed by atoms with E-state index in [0.29, 0.717) is 24.2 Å². The van der Waals surface area contributed by atoms with Crippen LogP contribution in [-0.2, 0) is 13.1 Å². The molecule has 0 aromatic heterocycles. The van der Waals surface area contributed by atoms with E-state index in [2.05, 4.69) is 70.0 Å². The molecule has 6 nitrogen and oxygen atoms in total. The summed E-state index contributed by atoms with van der Waals surface area (Å²) < 4.78 is 0. The summed E-state index contributed by atoms with van der Waals surface area (Å²) in [5, 5.41) is 9.97. The normalized spacial score (nSPS) is 19.5. The van der Waals surface area contributed by atoms with Crippen molar-refractivity contribution in [2.24, 2.45) is 4.99 Å². The highest BCUT2D eigenvalue weighted by Crippen LogP contribution is 2.20. The number of nitrogens with zero attached hydrogens (tertiary/aromatic N) is 2. The topological polar surface area (TPSA) is 68.8 Å². The standard InChI is InChI=1S/C26H37N5O.HI/c1-5-19(2)29-25(32)23-13-11-21(12-14-23)16-28-26(27-4)30-24-15-20(3)31(18-24)17-22-9-7-6-8-10-22;/h6-14,19-20,24H,5,15-18H2,1-4H3,(H,29,32)(H2,27,28,30);1H. The van der Waals surface area contributed by atoms with Gasteiger partial charge < -0.3 is 16.0 Å². The first-order valence-electron chi connectivity index (χ1n) is 11.6. The molecular weight excluding hydrogens is 525 g/mol. The smallest absolute Gasteiger partial charge is 0.251 e. The van der Waals surface area contributed by atoms with Gasteiger partial charge in [0.1, 0.15) is 0 Å². The highest BCUT2D eigenvalue weighted by atomic mass is 127. The number of guanidine groups is 1. The first kappa shape index (κ1) is 27.1. The second-order valence-corrected chi connectivity index (χ2v) is 8.75. The van der Waals surface area contributed by atoms with Crippen LogP contribution in [0.25, 0.3) is 0 Å². The molecule has 0 spiro atoms. The monoisotopic (exact) mass is 563 g/mol. The van der Waals surface area contributed by atoms with Crippen LogP contribution in [-0.4, -0.2) is 48.5 Å². The number of hydrogen-bond acceptors (Lipinski definition) is 3. The van der Waals surface area contributed by atoms with Crippen LogP contribution >= 0.6 is 24.0 Å². The molecule has 0 aliphatic carbocycles. The second-order valence-electron chi connectivity index (χ2n) is 8.75. The third kappa shape index (κ3) is 8.30. The Balaban J connectivity index is 0.00000385. The Hall–Kier alpha value is -2.13. The molecule has 1 aliphatic rings. The number of aliphatic imine (C=N–C) groups is 1. The average molecular weight is 564 g/mol. The molecule has 1 amide bonds. The van der Waals surface area contributed by atoms with Crippen LogP contribution < -0.4 is 16.0 Å². The van der Waals surface area contributed by atoms with Crippen molar-refractivity contribution in [3.8, 4) is 0 Å². The van der Waals surface area contributed by atoms with E-state index in [4.69, 9.17) is 0 Å². The van der Waals surface area contributed by atoms with E-state index in [1.807, 2.05) is 31.2 Å². The number of halogens is 1. The van der Waals surface area contributed by atoms with Crippen LogP contribution in [0.1, 0.15) is 55.1 Å². The maximum absolute atomic E-state index is 12.2. The van der Waals surface area contributed by atoms with Gasteiger partial charge in [0.25, 0.3) is 5.91 Å². The Morgan fingerprint density at radius 3 is 2.45 bits per heavy atom. The van der Waals surface area contributed by atoms with Gasteiger partial charge in [-0.2, -0.15) is 0 Å². The fraction of sp³-hybridized carbons (Fsp3) is 0.462. The van der Waals surface area contributed by atoms with Crippen molar-refractivity contribution in [1.82, 2.24) is 20.9 Å². The Labute approximate surface area is 215 Å². The van der Waals surface area contributed by atoms with Crippen LogP contribution in [0.2, 0.25) is 0 Å². The molecule has 1 heterocycles. The van der Waals surface area contributed by atoms with E-state index in [0.717, 1.165) is 37.5 Å². The minimum absolute atomic E-state index is 0. The van der Waals surface area contributed by atoms with Crippen molar-refractivity contribution in [3.63, 3.8) is 0 Å². The quantitative estimate of drug-likeness (QED) is 0.257. The second kappa shape index (κ2) is 13.5. The maximum Gasteiger partial charge on any atom is 0.251 e. The number of carbonyl (C=O) groups excluding carboxylic acids is 1. The third-order valence-electron chi connectivity index (χ3n) is 6.16. The molecule has 2 aromatic rings. The number of likely N-dealkylation sites (tertiary alicyclic amines) is 1. The van der Waals surface area contributed by atoms with E-state index in [1.165, 1.54) is 5.56 Å². The van der Waals surface area contributed by atoms with Gasteiger partial charge in [-0.25, -0.2) is 0 Å². The largest absolute Gasteiger partial charge is 0.352 e. The molecule has 180 valence electrons. The molecule has 2 aromatic carbocycles. The SMILES string of the molecule is CCC(C)NC(=O)c1ccc(CNC(=NC)NC2CC(C)N(Cc3ccccc3)C2)cc1.I. The fourth-order valence-electron chi connectivity index (χ4n) is 4.00. The Morgan fingerprint density at radius 2 is 1.82 bits per heavy atom. The summed E-state index contributed by atoms with van der Waals surface area (Å²) in [6, 6.07) is 19.5. The summed E-state index contributed by atoms with van der Waals surface area (Å²) in [5.74, 6) is 0.786. The molecule has 7 heteroatoms. The van der Waals surface area contributed by atoms with Crippen molar-refractivity contribution < 1.29 is 4.79 Å². The van der Waals surface area contributed by atoms with Crippen molar-refractivity contribution in [3.05, 3.63) is 71.3 Å². The zero-order chi connectivity index (χ0) is 22.9. The van der Waals surface area contributed by atoms with E-state index < -0.39 is 0 Å². The molecule has 0 radical (unpaired) electrons. The zero-order valence-electron chi connectivity index (χ0n) is 20.2. The molecule has 1 aliphatic heterocycles. The van der Waals surface area contributed by atoms with Gasteiger partial charge in [-0.3, -0.25) is 14.7 Å². The minimum atomic E-state index is -0.0215. The van der Waals surface area contributed by atoms with Crippen LogP contribution in [0.15, 0.2) is 59.6 Å². The van der Waals surface area contributed by atoms with Crippen LogP contribution in [0.5, 0.6) is 0 Å². The van der Waals surface area contributed by atoms with Gasteiger partial charge in [-0.1, -0.05) is 49.4 Å². The van der Waals surface area contributed by atoms with Crippen molar-refractivity contribution in [2.45, 2.75) is 64.8 Å². The predicted octanol–water partition coefficient (Wildman–Crippen LogP) is 4.16. The number of rotatable bonds is 8. The van der Waals surface area contributed by atoms with Crippen molar-refractivity contribution >= 4 is 35.8 Å². The van der Waals surface area contributed by atoms with Gasteiger partial charge in [-0.05, 0) is 49.9 Å². The molecular formula is C26H38IN5O. The molecule has 0 bridgehead atoms. The number of benzene rings is 2. The van der Waals surface area contributed by atoms with Crippen LogP contribution in [0.4, 0.5) is 0 Å². The molecule has 3 N–H and O–H groups in total. The van der Waals surface area contributed by atoms with Gasteiger partial charge in [0.2, 0.25) is 0 Å². The van der Waals surface area contributed by atoms with E-state index >= 15 is 0 Å². The Bertz CT molecular complexity index is 887. The van der Waals surface area contributed by atoms with Gasteiger partial charge in [0, 0.05) is 50.4 Å². The van der Waals surface area contributed by atoms with Gasteiger partial charge in [-0.15, -0.1) is 24.0 Å². The summed E-state index contributed by atoms with van der Waals surface area (Å²) in [4.78, 5) is 19.2. The Morgan fingerprint density at radius 1 is 1.12 bits per heavy atom. The van der Waals surface area contributed by atoms with Gasteiger partial charge in [0.05, 0.1) is 0 Å². The molecule has 1 saturated heterocycles. The molecule has 3 unspecified atom stereocenters. The van der Waals surface area contributed by atoms with Crippen LogP contribution in [0.3, 0.4) is 0 Å². The molecule has 3 atom stereocenters. The number of amides is 1. The maximum atomic E-state index is 12.2. The molecule has 33 heavy (non-hydrogen) atoms. The summed E-state index contributed by atoms with van der Waals surface area (Å²) in [7, 11) is 1.80. The summed E-state index contributed by atoms with van der Waals surface area (Å²) in [6.45, 7) is 9.00. The summed E-state index contributed by atoms with van der Waals surface area (Å²) >= 11 is 0. The number of hydrogen-bond donors (Lipinski definition) is 3. The lowest BCUT2D eigenvalue weighted by atomic mass is 10.1. The lowest BCUT2D eigenvalue weighted by Gasteiger charge is -2.21. The predicted molar refractivity (Wildman–Crippen MR) is 147 cm³/mol. The number of carbonyl (C=O) groups is 1. The molecule has 1 fully saturated rings. The van der Waals surface area contributed by atoms with E-state index in [9.17, 15) is 4.79 Å². The van der Waals surface area contributed by atoms with E-state index in [1.54, 1.807) is 7.05 Å². The molecule has 0 saturated carbocycles. The highest BCUT2D eigenvalue weighted by molar-refractivity contribution is 14.0. The first-order valence-corrected chi connectivity index (χ1v) is 11.6. The van der Waals surface area contributed by atoms with Crippen molar-refractivity contribution in [2.75, 3.05) is 13.6 Å². The van der Waals surface area contributed by atoms with Crippen LogP contribution in [0, 0.1) is 0 Å². The number of nitrogens with one attached hydrogen (secondary N) is 3. The lowest BCUT2D eigenvalue weighted by Crippen LogP contribution is -2.44. The summed E-state index contributed by atoms with van der Waals surface area (Å²) in [6.07, 6.45) is 2.01. The Kier molecular flexibility index (Phi) is 11.1. The molecule has 3 rings (SSSR count). The van der Waals surface area contributed by atoms with Crippen molar-refractivity contribution in [1.29, 1.82) is 0 Å². The first-order chi connectivity index (χ1) is 15.5. The average Bonchev–Trinajstić information content (AvgIpc) is 3.15. The zero-order valence-corrected chi connectivity index (χ0v) is 22.5. The fourth-order valence-corrected chi connectivity index (χ4v) is 4.00. The minimum Gasteiger partial charge on any atom is -0.352 e. The third-order valence-corrected chi connectivity index (χ3v) is 6.16. The van der Waals surface area contributed by atoms with E-state index in [-0.39, 0.29) is 35.9 Å². The van der Waals surface area contributed by atoms with Gasteiger partial charge in [0.15, 0.2) is 5.96 Å². The summed E-state index contributed by atoms with van der Waals surface area (Å²) in [5.41, 5.74) is 3.15. The highest BCUT2D eigenvalue weighted by Gasteiger charge is 2.29. The van der Waals surface area contributed by atoms with Gasteiger partial charge >= 0.3 is 0 Å².